The molecule has 3 aromatic carbocycles. The topological polar surface area (TPSA) is 23.8 Å². The number of nitriles is 1. The highest BCUT2D eigenvalue weighted by Gasteiger charge is 2.51. The van der Waals surface area contributed by atoms with Gasteiger partial charge >= 0.3 is 0 Å². The summed E-state index contributed by atoms with van der Waals surface area (Å²) in [6, 6.07) is 34.4. The van der Waals surface area contributed by atoms with E-state index in [-0.39, 0.29) is 5.66 Å². The van der Waals surface area contributed by atoms with Gasteiger partial charge in [0.15, 0.2) is 5.66 Å². The van der Waals surface area contributed by atoms with E-state index in [2.05, 4.69) is 85.8 Å². The number of benzene rings is 3. The van der Waals surface area contributed by atoms with Crippen molar-refractivity contribution in [3.05, 3.63) is 91.0 Å². The zero-order valence-corrected chi connectivity index (χ0v) is 14.7. The summed E-state index contributed by atoms with van der Waals surface area (Å²) in [7, 11) is -2.02. The molecule has 0 aliphatic carbocycles. The molecule has 1 atom stereocenters. The van der Waals surface area contributed by atoms with Crippen molar-refractivity contribution in [1.82, 2.24) is 0 Å². The van der Waals surface area contributed by atoms with Crippen LogP contribution in [0.15, 0.2) is 91.0 Å². The molecule has 2 heteroatoms. The number of hydrogen-bond acceptors (Lipinski definition) is 1. The van der Waals surface area contributed by atoms with Crippen LogP contribution in [0, 0.1) is 11.3 Å². The molecule has 0 heterocycles. The Kier molecular flexibility index (Phi) is 5.09. The highest BCUT2D eigenvalue weighted by molar-refractivity contribution is 7.96. The molecule has 0 spiro atoms. The molecule has 0 radical (unpaired) electrons. The molecule has 3 rings (SSSR count). The van der Waals surface area contributed by atoms with E-state index < -0.39 is 7.26 Å². The molecule has 0 aliphatic heterocycles. The Morgan fingerprint density at radius 2 is 1.04 bits per heavy atom. The minimum absolute atomic E-state index is 0.0373. The Hall–Kier alpha value is -2.42. The van der Waals surface area contributed by atoms with Crippen LogP contribution >= 0.6 is 7.26 Å². The normalized spacial score (nSPS) is 12.3. The summed E-state index contributed by atoms with van der Waals surface area (Å²) in [6.45, 7) is 2.12. The molecule has 0 bridgehead atoms. The van der Waals surface area contributed by atoms with Crippen LogP contribution in [0.25, 0.3) is 0 Å². The van der Waals surface area contributed by atoms with Gasteiger partial charge in [0.2, 0.25) is 0 Å². The van der Waals surface area contributed by atoms with E-state index in [1.54, 1.807) is 0 Å². The number of rotatable bonds is 5. The van der Waals surface area contributed by atoms with Gasteiger partial charge in [-0.1, -0.05) is 61.5 Å². The summed E-state index contributed by atoms with van der Waals surface area (Å²) < 4.78 is 0. The molecule has 0 aromatic heterocycles. The third-order valence-corrected chi connectivity index (χ3v) is 9.25. The second kappa shape index (κ2) is 7.43. The SMILES string of the molecule is CCC(C#N)[P+](c1ccccc1)(c1ccccc1)c1ccccc1. The molecule has 1 unspecified atom stereocenters. The van der Waals surface area contributed by atoms with Crippen LogP contribution in [0.4, 0.5) is 0 Å². The maximum Gasteiger partial charge on any atom is 0.168 e. The van der Waals surface area contributed by atoms with Gasteiger partial charge in [-0.15, -0.1) is 0 Å². The fourth-order valence-corrected chi connectivity index (χ4v) is 8.05. The van der Waals surface area contributed by atoms with Gasteiger partial charge in [0.05, 0.1) is 0 Å². The second-order valence-electron chi connectivity index (χ2n) is 5.78. The maximum absolute atomic E-state index is 10.0. The predicted octanol–water partition coefficient (Wildman–Crippen LogP) is 4.28. The molecule has 0 aliphatic rings. The highest BCUT2D eigenvalue weighted by Crippen LogP contribution is 2.60. The van der Waals surface area contributed by atoms with E-state index in [0.29, 0.717) is 0 Å². The van der Waals surface area contributed by atoms with E-state index >= 15 is 0 Å². The lowest BCUT2D eigenvalue weighted by atomic mass is 10.3. The minimum atomic E-state index is -2.02. The van der Waals surface area contributed by atoms with E-state index in [1.165, 1.54) is 15.9 Å². The van der Waals surface area contributed by atoms with E-state index in [1.807, 2.05) is 18.2 Å². The lowest BCUT2D eigenvalue weighted by Crippen LogP contribution is -2.38. The van der Waals surface area contributed by atoms with Crippen molar-refractivity contribution in [2.75, 3.05) is 0 Å². The zero-order chi connectivity index (χ0) is 16.8. The summed E-state index contributed by atoms with van der Waals surface area (Å²) in [5, 5.41) is 13.8. The van der Waals surface area contributed by atoms with Gasteiger partial charge in [0.25, 0.3) is 0 Å². The van der Waals surface area contributed by atoms with Crippen LogP contribution in [0.3, 0.4) is 0 Å². The first-order chi connectivity index (χ1) is 11.8. The van der Waals surface area contributed by atoms with Gasteiger partial charge in [-0.05, 0) is 42.8 Å². The summed E-state index contributed by atoms with van der Waals surface area (Å²) >= 11 is 0. The van der Waals surface area contributed by atoms with Crippen LogP contribution in [-0.4, -0.2) is 5.66 Å². The molecule has 0 N–H and O–H groups in total. The summed E-state index contributed by atoms with van der Waals surface area (Å²) in [5.41, 5.74) is -0.0373. The van der Waals surface area contributed by atoms with E-state index in [0.717, 1.165) is 6.42 Å². The first kappa shape index (κ1) is 16.4. The predicted molar refractivity (Wildman–Crippen MR) is 105 cm³/mol. The van der Waals surface area contributed by atoms with E-state index in [4.69, 9.17) is 0 Å². The Bertz CT molecular complexity index is 710. The third-order valence-electron chi connectivity index (χ3n) is 4.49. The average molecular weight is 330 g/mol. The third kappa shape index (κ3) is 2.75. The van der Waals surface area contributed by atoms with Gasteiger partial charge in [0.1, 0.15) is 29.2 Å². The standard InChI is InChI=1S/C22H21NP/c1-2-19(18-23)24(20-12-6-3-7-13-20,21-14-8-4-9-15-21)22-16-10-5-11-17-22/h3-17,19H,2H2,1H3/q+1. The number of hydrogen-bond donors (Lipinski definition) is 0. The fraction of sp³-hybridized carbons (Fsp3) is 0.136. The minimum Gasteiger partial charge on any atom is -0.194 e. The molecule has 1 nitrogen and oxygen atoms in total. The van der Waals surface area contributed by atoms with Crippen molar-refractivity contribution in [2.45, 2.75) is 19.0 Å². The quantitative estimate of drug-likeness (QED) is 0.641. The van der Waals surface area contributed by atoms with Crippen LogP contribution in [0.2, 0.25) is 0 Å². The molecule has 3 aromatic rings. The van der Waals surface area contributed by atoms with Crippen LogP contribution in [-0.2, 0) is 0 Å². The Morgan fingerprint density at radius 1 is 0.708 bits per heavy atom. The molecule has 0 saturated heterocycles. The molecule has 0 fully saturated rings. The molecule has 0 saturated carbocycles. The van der Waals surface area contributed by atoms with Gasteiger partial charge in [-0.2, -0.15) is 5.26 Å². The van der Waals surface area contributed by atoms with Crippen LogP contribution in [0.1, 0.15) is 13.3 Å². The zero-order valence-electron chi connectivity index (χ0n) is 13.8. The van der Waals surface area contributed by atoms with Gasteiger partial charge in [0, 0.05) is 0 Å². The molecular weight excluding hydrogens is 309 g/mol. The van der Waals surface area contributed by atoms with Crippen molar-refractivity contribution < 1.29 is 0 Å². The first-order valence-electron chi connectivity index (χ1n) is 8.29. The molecule has 118 valence electrons. The molecular formula is C22H21NP+. The second-order valence-corrected chi connectivity index (χ2v) is 9.40. The smallest absolute Gasteiger partial charge is 0.168 e. The summed E-state index contributed by atoms with van der Waals surface area (Å²) in [5.74, 6) is 0. The number of nitrogens with zero attached hydrogens (tertiary/aromatic N) is 1. The van der Waals surface area contributed by atoms with Gasteiger partial charge < -0.3 is 0 Å². The largest absolute Gasteiger partial charge is 0.194 e. The van der Waals surface area contributed by atoms with Gasteiger partial charge in [-0.25, -0.2) is 0 Å². The van der Waals surface area contributed by atoms with E-state index in [9.17, 15) is 5.26 Å². The molecule has 24 heavy (non-hydrogen) atoms. The van der Waals surface area contributed by atoms with Crippen LogP contribution in [0.5, 0.6) is 0 Å². The monoisotopic (exact) mass is 330 g/mol. The van der Waals surface area contributed by atoms with Gasteiger partial charge in [-0.3, -0.25) is 0 Å². The van der Waals surface area contributed by atoms with Crippen molar-refractivity contribution in [3.63, 3.8) is 0 Å². The highest BCUT2D eigenvalue weighted by atomic mass is 31.2. The first-order valence-corrected chi connectivity index (χ1v) is 10.1. The lowest BCUT2D eigenvalue weighted by molar-refractivity contribution is 0.974. The van der Waals surface area contributed by atoms with Crippen molar-refractivity contribution in [2.24, 2.45) is 0 Å². The maximum atomic E-state index is 10.0. The van der Waals surface area contributed by atoms with Crippen molar-refractivity contribution in [1.29, 1.82) is 5.26 Å². The Morgan fingerprint density at radius 3 is 1.29 bits per heavy atom. The molecule has 0 amide bonds. The average Bonchev–Trinajstić information content (AvgIpc) is 2.68. The Labute approximate surface area is 144 Å². The summed E-state index contributed by atoms with van der Waals surface area (Å²) in [6.07, 6.45) is 0.836. The van der Waals surface area contributed by atoms with Crippen molar-refractivity contribution in [3.8, 4) is 6.07 Å². The van der Waals surface area contributed by atoms with Crippen LogP contribution < -0.4 is 15.9 Å². The van der Waals surface area contributed by atoms with Crippen molar-refractivity contribution >= 4 is 23.2 Å². The Balaban J connectivity index is 2.40. The fourth-order valence-electron chi connectivity index (χ4n) is 3.43. The summed E-state index contributed by atoms with van der Waals surface area (Å²) in [4.78, 5) is 0. The lowest BCUT2D eigenvalue weighted by Gasteiger charge is -2.30.